The van der Waals surface area contributed by atoms with Crippen molar-refractivity contribution in [1.29, 1.82) is 0 Å². The third-order valence-electron chi connectivity index (χ3n) is 5.54. The molecule has 16 heteroatoms. The van der Waals surface area contributed by atoms with Gasteiger partial charge >= 0.3 is 14.4 Å². The quantitative estimate of drug-likeness (QED) is 0.309. The van der Waals surface area contributed by atoms with Crippen LogP contribution in [0.3, 0.4) is 0 Å². The predicted octanol–water partition coefficient (Wildman–Crippen LogP) is 3.76. The fourth-order valence-corrected chi connectivity index (χ4v) is 6.40. The summed E-state index contributed by atoms with van der Waals surface area (Å²) in [4.78, 5) is 20.3. The van der Waals surface area contributed by atoms with Gasteiger partial charge in [-0.15, -0.1) is 9.42 Å². The van der Waals surface area contributed by atoms with Crippen LogP contribution < -0.4 is 4.72 Å². The topological polar surface area (TPSA) is 147 Å². The Hall–Kier alpha value is -3.20. The van der Waals surface area contributed by atoms with Crippen molar-refractivity contribution < 1.29 is 48.8 Å². The number of hydrogen-bond donors (Lipinski definition) is 2. The summed E-state index contributed by atoms with van der Waals surface area (Å²) < 4.78 is 110. The van der Waals surface area contributed by atoms with Gasteiger partial charge in [0.25, 0.3) is 5.91 Å². The van der Waals surface area contributed by atoms with Crippen molar-refractivity contribution in [2.75, 3.05) is 20.1 Å². The van der Waals surface area contributed by atoms with Crippen LogP contribution in [0.25, 0.3) is 0 Å². The zero-order chi connectivity index (χ0) is 29.7. The van der Waals surface area contributed by atoms with E-state index in [2.05, 4.69) is 4.52 Å². The van der Waals surface area contributed by atoms with Gasteiger partial charge in [0.2, 0.25) is 19.9 Å². The average Bonchev–Trinajstić information content (AvgIpc) is 2.91. The Balaban J connectivity index is 1.77. The summed E-state index contributed by atoms with van der Waals surface area (Å²) in [5.41, 5.74) is -0.840. The molecule has 0 saturated carbocycles. The van der Waals surface area contributed by atoms with E-state index in [1.165, 1.54) is 55.6 Å². The normalized spacial score (nSPS) is 12.7. The number of likely N-dealkylation sites (N-methyl/N-ethyl adjacent to an activating group) is 1. The highest BCUT2D eigenvalue weighted by atomic mass is 32.2. The van der Waals surface area contributed by atoms with E-state index in [1.54, 1.807) is 6.07 Å². The highest BCUT2D eigenvalue weighted by Crippen LogP contribution is 2.36. The molecule has 1 unspecified atom stereocenters. The van der Waals surface area contributed by atoms with Gasteiger partial charge in [-0.3, -0.25) is 4.79 Å². The summed E-state index contributed by atoms with van der Waals surface area (Å²) in [6, 6.07) is 14.2. The van der Waals surface area contributed by atoms with Crippen molar-refractivity contribution in [3.05, 3.63) is 89.5 Å². The number of carbonyl (C=O) groups excluding carboxylic acids is 1. The van der Waals surface area contributed by atoms with Gasteiger partial charge < -0.3 is 4.90 Å². The third kappa shape index (κ3) is 7.71. The fourth-order valence-electron chi connectivity index (χ4n) is 3.48. The number of sulfone groups is 1. The first-order valence-electron chi connectivity index (χ1n) is 11.3. The molecule has 1 amide bonds. The number of amides is 1. The first-order valence-corrected chi connectivity index (χ1v) is 15.4. The number of carbonyl (C=O) groups is 1. The van der Waals surface area contributed by atoms with E-state index >= 15 is 0 Å². The predicted molar refractivity (Wildman–Crippen MR) is 137 cm³/mol. The largest absolute Gasteiger partial charge is 0.695 e. The molecule has 0 aliphatic heterocycles. The zero-order valence-corrected chi connectivity index (χ0v) is 23.2. The Morgan fingerprint density at radius 2 is 1.60 bits per heavy atom. The SMILES string of the molecule is CN(CCNS(=O)(=O)c1cc(S(=O)(=O)c2ccccc2)ccc1C(F)(F)F)C(=O)c1ccc(CO[P+](=O)O)cc1. The molecule has 0 aliphatic carbocycles. The summed E-state index contributed by atoms with van der Waals surface area (Å²) in [7, 11) is -10.6. The zero-order valence-electron chi connectivity index (χ0n) is 20.7. The Kier molecular flexibility index (Phi) is 9.82. The Morgan fingerprint density at radius 3 is 2.17 bits per heavy atom. The number of nitrogens with one attached hydrogen (secondary N) is 1. The number of benzene rings is 3. The lowest BCUT2D eigenvalue weighted by molar-refractivity contribution is -0.139. The molecule has 0 saturated heterocycles. The van der Waals surface area contributed by atoms with Crippen LogP contribution in [0.1, 0.15) is 21.5 Å². The summed E-state index contributed by atoms with van der Waals surface area (Å²) in [5, 5.41) is 0. The van der Waals surface area contributed by atoms with E-state index in [9.17, 15) is 39.4 Å². The third-order valence-corrected chi connectivity index (χ3v) is 9.16. The second-order valence-corrected chi connectivity index (χ2v) is 12.7. The van der Waals surface area contributed by atoms with Crippen molar-refractivity contribution in [1.82, 2.24) is 9.62 Å². The summed E-state index contributed by atoms with van der Waals surface area (Å²) in [5.74, 6) is -0.535. The number of hydrogen-bond acceptors (Lipinski definition) is 7. The van der Waals surface area contributed by atoms with Gasteiger partial charge in [0.05, 0.1) is 20.2 Å². The van der Waals surface area contributed by atoms with Crippen LogP contribution in [0.2, 0.25) is 0 Å². The smallest absolute Gasteiger partial charge is 0.340 e. The molecular formula is C24H23F3N2O8PS2+. The molecule has 3 aromatic rings. The number of rotatable bonds is 11. The van der Waals surface area contributed by atoms with Gasteiger partial charge in [0.15, 0.2) is 0 Å². The molecule has 0 heterocycles. The first-order chi connectivity index (χ1) is 18.6. The van der Waals surface area contributed by atoms with Crippen LogP contribution in [-0.4, -0.2) is 52.7 Å². The molecule has 214 valence electrons. The Morgan fingerprint density at radius 1 is 0.975 bits per heavy atom. The van der Waals surface area contributed by atoms with Gasteiger partial charge in [-0.05, 0) is 48.0 Å². The lowest BCUT2D eigenvalue weighted by Crippen LogP contribution is -2.36. The average molecular weight is 620 g/mol. The van der Waals surface area contributed by atoms with Gasteiger partial charge in [-0.25, -0.2) is 21.6 Å². The molecule has 1 atom stereocenters. The number of nitrogens with zero attached hydrogens (tertiary/aromatic N) is 1. The summed E-state index contributed by atoms with van der Waals surface area (Å²) in [6.07, 6.45) is -5.10. The first kappa shape index (κ1) is 31.3. The van der Waals surface area contributed by atoms with Crippen LogP contribution in [0.4, 0.5) is 13.2 Å². The molecular weight excluding hydrogens is 596 g/mol. The lowest BCUT2D eigenvalue weighted by Gasteiger charge is -2.19. The highest BCUT2D eigenvalue weighted by Gasteiger charge is 2.38. The van der Waals surface area contributed by atoms with Gasteiger partial charge in [-0.2, -0.15) is 13.2 Å². The van der Waals surface area contributed by atoms with Crippen LogP contribution in [0.15, 0.2) is 87.5 Å². The van der Waals surface area contributed by atoms with Crippen LogP contribution in [0.5, 0.6) is 0 Å². The molecule has 2 N–H and O–H groups in total. The van der Waals surface area contributed by atoms with E-state index in [0.29, 0.717) is 23.8 Å². The van der Waals surface area contributed by atoms with Crippen LogP contribution >= 0.6 is 8.25 Å². The molecule has 0 spiro atoms. The molecule has 0 fully saturated rings. The van der Waals surface area contributed by atoms with E-state index in [0.717, 1.165) is 4.90 Å². The Bertz CT molecular complexity index is 1600. The lowest BCUT2D eigenvalue weighted by atomic mass is 10.1. The number of sulfonamides is 1. The van der Waals surface area contributed by atoms with E-state index in [1.807, 2.05) is 4.72 Å². The highest BCUT2D eigenvalue weighted by molar-refractivity contribution is 7.91. The Labute approximate surface area is 229 Å². The maximum Gasteiger partial charge on any atom is 0.695 e. The van der Waals surface area contributed by atoms with Crippen LogP contribution in [-0.2, 0) is 41.7 Å². The van der Waals surface area contributed by atoms with E-state index in [-0.39, 0.29) is 23.6 Å². The maximum absolute atomic E-state index is 13.7. The fraction of sp³-hybridized carbons (Fsp3) is 0.208. The van der Waals surface area contributed by atoms with Crippen molar-refractivity contribution in [2.24, 2.45) is 0 Å². The van der Waals surface area contributed by atoms with Gasteiger partial charge in [0, 0.05) is 30.3 Å². The number of halogens is 3. The molecule has 40 heavy (non-hydrogen) atoms. The second-order valence-electron chi connectivity index (χ2n) is 8.30. The van der Waals surface area contributed by atoms with Gasteiger partial charge in [0.1, 0.15) is 6.61 Å². The second kappa shape index (κ2) is 12.5. The molecule has 3 aromatic carbocycles. The molecule has 0 aliphatic rings. The van der Waals surface area contributed by atoms with Crippen molar-refractivity contribution >= 4 is 34.0 Å². The van der Waals surface area contributed by atoms with Gasteiger partial charge in [-0.1, -0.05) is 30.3 Å². The molecule has 0 radical (unpaired) electrons. The number of alkyl halides is 3. The van der Waals surface area contributed by atoms with Crippen molar-refractivity contribution in [2.45, 2.75) is 27.5 Å². The van der Waals surface area contributed by atoms with Crippen molar-refractivity contribution in [3.8, 4) is 0 Å². The summed E-state index contributed by atoms with van der Waals surface area (Å²) in [6.45, 7) is -0.879. The van der Waals surface area contributed by atoms with E-state index < -0.39 is 62.1 Å². The molecule has 0 bridgehead atoms. The standard InChI is InChI=1S/C24H22F3N2O8PS2/c1-29(23(30)18-9-7-17(8-10-18)16-37-38(31)32)14-13-28-40(35,36)22-15-20(11-12-21(22)24(25,26)27)39(33,34)19-5-3-2-4-6-19/h2-12,15,28H,13-14,16H2,1H3/p+1. The van der Waals surface area contributed by atoms with Crippen molar-refractivity contribution in [3.63, 3.8) is 0 Å². The monoisotopic (exact) mass is 619 g/mol. The minimum Gasteiger partial charge on any atom is -0.340 e. The molecule has 10 nitrogen and oxygen atoms in total. The molecule has 0 aromatic heterocycles. The summed E-state index contributed by atoms with van der Waals surface area (Å²) >= 11 is 0. The molecule has 3 rings (SSSR count). The van der Waals surface area contributed by atoms with E-state index in [4.69, 9.17) is 4.89 Å². The van der Waals surface area contributed by atoms with Crippen LogP contribution in [0, 0.1) is 0 Å². The minimum atomic E-state index is -5.10. The minimum absolute atomic E-state index is 0.161. The maximum atomic E-state index is 13.7.